The number of carboxylic acids is 1. The van der Waals surface area contributed by atoms with Gasteiger partial charge >= 0.3 is 30.4 Å². The van der Waals surface area contributed by atoms with Gasteiger partial charge in [0.15, 0.2) is 24.8 Å². The van der Waals surface area contributed by atoms with E-state index in [0.717, 1.165) is 6.42 Å². The number of aliphatic hydroxyl groups excluding tert-OH is 1. The number of amides is 3. The maximum Gasteiger partial charge on any atom is 1.00 e. The lowest BCUT2D eigenvalue weighted by molar-refractivity contribution is -0.158. The summed E-state index contributed by atoms with van der Waals surface area (Å²) in [5, 5.41) is 26.2. The fourth-order valence-electron chi connectivity index (χ4n) is 8.83. The van der Waals surface area contributed by atoms with E-state index in [-0.39, 0.29) is 61.7 Å². The van der Waals surface area contributed by atoms with Gasteiger partial charge in [-0.1, -0.05) is 41.5 Å². The molecule has 0 saturated carbocycles. The third-order valence-corrected chi connectivity index (χ3v) is 12.9. The van der Waals surface area contributed by atoms with Crippen LogP contribution in [-0.4, -0.2) is 176 Å². The molecule has 28 nitrogen and oxygen atoms in total. The highest BCUT2D eigenvalue weighted by molar-refractivity contribution is 5.88. The maximum atomic E-state index is 12.4. The lowest BCUT2D eigenvalue weighted by atomic mass is 10.1. The van der Waals surface area contributed by atoms with Crippen LogP contribution in [0, 0.1) is 6.92 Å². The van der Waals surface area contributed by atoms with Gasteiger partial charge in [0.25, 0.3) is 0 Å². The van der Waals surface area contributed by atoms with E-state index in [9.17, 15) is 43.5 Å². The molecule has 442 valence electrons. The van der Waals surface area contributed by atoms with Crippen molar-refractivity contribution in [2.24, 2.45) is 0 Å². The number of methoxy groups -OCH3 is 4. The molecule has 3 aromatic heterocycles. The predicted octanol–water partition coefficient (Wildman–Crippen LogP) is 2.49. The van der Waals surface area contributed by atoms with Gasteiger partial charge in [-0.2, -0.15) is 15.0 Å². The van der Waals surface area contributed by atoms with Gasteiger partial charge in [0.1, 0.15) is 48.0 Å². The molecule has 3 unspecified atom stereocenters. The molecule has 0 aromatic carbocycles. The second-order valence-corrected chi connectivity index (χ2v) is 18.2. The van der Waals surface area contributed by atoms with Gasteiger partial charge in [0, 0.05) is 73.4 Å². The molecule has 0 spiro atoms. The highest BCUT2D eigenvalue weighted by Gasteiger charge is 2.49. The van der Waals surface area contributed by atoms with E-state index in [1.807, 2.05) is 20.8 Å². The maximum absolute atomic E-state index is 12.4. The molecular weight excluding hydrogens is 1040 g/mol. The summed E-state index contributed by atoms with van der Waals surface area (Å²) in [7, 11) is 5.99. The zero-order chi connectivity index (χ0) is 59.3. The van der Waals surface area contributed by atoms with Gasteiger partial charge in [0.2, 0.25) is 17.7 Å². The van der Waals surface area contributed by atoms with Gasteiger partial charge in [0.05, 0.1) is 31.2 Å². The molecule has 0 radical (unpaired) electrons. The van der Waals surface area contributed by atoms with Crippen molar-refractivity contribution in [3.05, 3.63) is 67.7 Å². The first kappa shape index (κ1) is 66.9. The van der Waals surface area contributed by atoms with E-state index in [1.165, 1.54) is 92.9 Å². The van der Waals surface area contributed by atoms with Crippen LogP contribution in [0.25, 0.3) is 0 Å². The van der Waals surface area contributed by atoms with Crippen LogP contribution in [0.4, 0.5) is 17.5 Å². The smallest absolute Gasteiger partial charge is 0.481 e. The predicted molar refractivity (Wildman–Crippen MR) is 286 cm³/mol. The number of hydrogen-bond donors (Lipinski definition) is 5. The molecule has 3 saturated heterocycles. The highest BCUT2D eigenvalue weighted by atomic mass is 16.6. The number of nitrogens with zero attached hydrogens (tertiary/aromatic N) is 7. The first-order valence-electron chi connectivity index (χ1n) is 26.0. The Balaban J connectivity index is 0.000000387. The first-order chi connectivity index (χ1) is 37.5. The Labute approximate surface area is 459 Å². The van der Waals surface area contributed by atoms with Crippen LogP contribution in [-0.2, 0) is 61.9 Å². The second kappa shape index (κ2) is 32.6. The fourth-order valence-corrected chi connectivity index (χ4v) is 8.83. The zero-order valence-corrected chi connectivity index (χ0v) is 47.5. The van der Waals surface area contributed by atoms with Crippen molar-refractivity contribution in [2.45, 2.75) is 175 Å². The summed E-state index contributed by atoms with van der Waals surface area (Å²) >= 11 is 0. The highest BCUT2D eigenvalue weighted by Crippen LogP contribution is 2.36. The number of aryl methyl sites for hydroxylation is 1. The van der Waals surface area contributed by atoms with Crippen LogP contribution in [0.5, 0.6) is 0 Å². The molecule has 0 bridgehead atoms. The Morgan fingerprint density at radius 1 is 0.595 bits per heavy atom. The normalized spacial score (nSPS) is 24.9. The number of aliphatic carboxylic acids is 1. The quantitative estimate of drug-likeness (QED) is 0.101. The van der Waals surface area contributed by atoms with Gasteiger partial charge in [-0.25, -0.2) is 14.4 Å². The number of ether oxygens (including phenoxy) is 8. The summed E-state index contributed by atoms with van der Waals surface area (Å²) < 4.78 is 48.3. The van der Waals surface area contributed by atoms with Crippen molar-refractivity contribution >= 4 is 47.1 Å². The average molecular weight is 1120 g/mol. The van der Waals surface area contributed by atoms with Crippen LogP contribution in [0.1, 0.15) is 120 Å². The molecule has 0 aliphatic carbocycles. The van der Waals surface area contributed by atoms with E-state index in [4.69, 9.17) is 43.0 Å². The van der Waals surface area contributed by atoms with Crippen molar-refractivity contribution in [3.8, 4) is 0 Å². The molecule has 3 amide bonds. The summed E-state index contributed by atoms with van der Waals surface area (Å²) in [4.78, 5) is 106. The molecule has 3 fully saturated rings. The Bertz CT molecular complexity index is 2650. The minimum atomic E-state index is -1.11. The lowest BCUT2D eigenvalue weighted by Crippen LogP contribution is -2.39. The minimum Gasteiger partial charge on any atom is -0.481 e. The third kappa shape index (κ3) is 18.6. The first-order valence-corrected chi connectivity index (χ1v) is 26.0. The molecule has 5 N–H and O–H groups in total. The number of esters is 1. The summed E-state index contributed by atoms with van der Waals surface area (Å²) in [6.07, 6.45) is -1.52. The number of carbonyl (C=O) groups excluding carboxylic acids is 4. The monoisotopic (exact) mass is 1120 g/mol. The van der Waals surface area contributed by atoms with Crippen molar-refractivity contribution in [2.75, 3.05) is 64.0 Å². The van der Waals surface area contributed by atoms with Crippen LogP contribution < -0.4 is 33.0 Å². The standard InChI is InChI=1S/C17H23N3O8.C15H23N3O5.C13H19N3O5.C6H15N/c1-4-10-14(28-13(24)6-5-12(22)23)15(26-3)16(27-10)20-8-7-11(18-9(2)21)19-17(20)25;1-6-10-11(21-4)12(22-5)14(23-10)18-7-8(2)13(16-9(3)19)17-15(18)20;1-4-8-10(18)11(20-3)12(21-8)16-6-5-9(14-7(2)17)15-13(16)19;1-4-7(5-2)6-3/h7-8,10,14-16H,4-6H2,1-3H3,(H,22,23)(H,18,19,21,25);7,10-12,14H,6H2,1-5H3,(H,16,17,19,20);5-6,8,10-12,18H,4H2,1-3H3,(H,14,15,17,19);4-6H2,1-3H3/p+1/t10-,14+,15?,16-;10-,11+,12?,14-;8-,10+,11?,12-;/m111./s1. The number of carbonyl (C=O) groups is 5. The molecule has 6 rings (SSSR count). The molecule has 79 heavy (non-hydrogen) atoms. The van der Waals surface area contributed by atoms with Crippen LogP contribution in [0.2, 0.25) is 0 Å². The van der Waals surface area contributed by atoms with E-state index < -0.39 is 90.4 Å². The summed E-state index contributed by atoms with van der Waals surface area (Å²) in [6.45, 7) is 21.6. The number of aliphatic hydroxyl groups is 1. The number of aromatic nitrogens is 6. The van der Waals surface area contributed by atoms with E-state index in [0.29, 0.717) is 18.4 Å². The number of anilines is 3. The molecular formula is C51H81N10O18+. The lowest BCUT2D eigenvalue weighted by Gasteiger charge is -2.23. The summed E-state index contributed by atoms with van der Waals surface area (Å²) in [6, 6.07) is 2.93. The number of nitrogens with one attached hydrogen (secondary N) is 3. The van der Waals surface area contributed by atoms with Crippen molar-refractivity contribution in [3.63, 3.8) is 0 Å². The van der Waals surface area contributed by atoms with Gasteiger partial charge in [-0.15, -0.1) is 0 Å². The number of hydrogen-bond acceptors (Lipinski definition) is 21. The average Bonchev–Trinajstić information content (AvgIpc) is 4.06. The van der Waals surface area contributed by atoms with E-state index in [1.54, 1.807) is 27.3 Å². The fraction of sp³-hybridized carbons (Fsp3) is 0.667. The zero-order valence-electron chi connectivity index (χ0n) is 48.5. The summed E-state index contributed by atoms with van der Waals surface area (Å²) in [5.74, 6) is -2.24. The van der Waals surface area contributed by atoms with Crippen LogP contribution in [0.15, 0.2) is 45.1 Å². The Morgan fingerprint density at radius 2 is 1.00 bits per heavy atom. The van der Waals surface area contributed by atoms with Gasteiger partial charge < -0.3 is 69.0 Å². The molecule has 3 aromatic rings. The summed E-state index contributed by atoms with van der Waals surface area (Å²) in [5.41, 5.74) is -1.12. The third-order valence-electron chi connectivity index (χ3n) is 12.9. The Kier molecular flexibility index (Phi) is 27.6. The molecule has 6 heterocycles. The minimum absolute atomic E-state index is 0. The van der Waals surface area contributed by atoms with Gasteiger partial charge in [-0.05, 0) is 58.0 Å². The van der Waals surface area contributed by atoms with Crippen molar-refractivity contribution in [1.29, 1.82) is 0 Å². The SMILES string of the molecule is CCN(CC)CC.CC[C@H]1O[C@@H](n2cc(C)c(NC(C)=O)nc2=O)C(OC)[C@H]1OC.CC[C@H]1O[C@@H](n2ccc(NC(C)=O)nc2=O)C(OC)[C@H]1O.CC[C@H]1O[C@@H](n2ccc(NC(C)=O)nc2=O)C(OC)[C@H]1OC(=O)CCC(=O)O.[H+]. The molecule has 12 atom stereocenters. The Morgan fingerprint density at radius 3 is 1.39 bits per heavy atom. The van der Waals surface area contributed by atoms with E-state index >= 15 is 0 Å². The number of carboxylic acid groups (broad SMARTS) is 1. The van der Waals surface area contributed by atoms with Crippen LogP contribution >= 0.6 is 0 Å². The van der Waals surface area contributed by atoms with Crippen molar-refractivity contribution < 1.29 is 73.5 Å². The van der Waals surface area contributed by atoms with E-state index in [2.05, 4.69) is 56.6 Å². The Hall–Kier alpha value is -6.37. The largest absolute Gasteiger partial charge is 1.00 e. The second-order valence-electron chi connectivity index (χ2n) is 18.2. The molecule has 3 aliphatic heterocycles. The van der Waals surface area contributed by atoms with Crippen LogP contribution in [0.3, 0.4) is 0 Å². The molecule has 28 heteroatoms. The van der Waals surface area contributed by atoms with Crippen molar-refractivity contribution in [1.82, 2.24) is 33.6 Å². The van der Waals surface area contributed by atoms with Gasteiger partial charge in [-0.3, -0.25) is 37.7 Å². The topological polar surface area (TPSA) is 344 Å². The molecule has 3 aliphatic rings. The number of rotatable bonds is 20.